The molecule has 1 amide bonds. The maximum atomic E-state index is 13.3. The van der Waals surface area contributed by atoms with E-state index in [1.165, 1.54) is 6.07 Å². The fourth-order valence-corrected chi connectivity index (χ4v) is 2.62. The molecule has 2 aromatic heterocycles. The molecule has 1 N–H and O–H groups in total. The average Bonchev–Trinajstić information content (AvgIpc) is 2.73. The molecular formula is C13H14FN3O2. The quantitative estimate of drug-likeness (QED) is 0.879. The highest BCUT2D eigenvalue weighted by Gasteiger charge is 2.31. The van der Waals surface area contributed by atoms with Crippen molar-refractivity contribution in [2.24, 2.45) is 0 Å². The molecule has 1 aliphatic rings. The van der Waals surface area contributed by atoms with E-state index in [1.807, 2.05) is 6.92 Å². The van der Waals surface area contributed by atoms with Crippen molar-refractivity contribution in [3.63, 3.8) is 0 Å². The first-order valence-electron chi connectivity index (χ1n) is 6.18. The maximum absolute atomic E-state index is 13.3. The summed E-state index contributed by atoms with van der Waals surface area (Å²) in [5, 5.41) is 9.02. The predicted molar refractivity (Wildman–Crippen MR) is 67.3 cm³/mol. The van der Waals surface area contributed by atoms with Crippen LogP contribution < -0.4 is 0 Å². The van der Waals surface area contributed by atoms with Gasteiger partial charge in [0.15, 0.2) is 0 Å². The van der Waals surface area contributed by atoms with Crippen LogP contribution in [0.3, 0.4) is 0 Å². The van der Waals surface area contributed by atoms with Gasteiger partial charge in [-0.1, -0.05) is 0 Å². The third-order valence-electron chi connectivity index (χ3n) is 3.52. The van der Waals surface area contributed by atoms with Crippen LogP contribution in [0.1, 0.15) is 17.4 Å². The number of fused-ring (bicyclic) bond motifs is 3. The van der Waals surface area contributed by atoms with Crippen LogP contribution in [-0.2, 0) is 6.54 Å². The number of rotatable bonds is 2. The van der Waals surface area contributed by atoms with Crippen LogP contribution in [0.5, 0.6) is 0 Å². The highest BCUT2D eigenvalue weighted by molar-refractivity contribution is 5.98. The van der Waals surface area contributed by atoms with Crippen molar-refractivity contribution in [1.29, 1.82) is 0 Å². The molecule has 6 heteroatoms. The SMILES string of the molecule is C[C@@H]1Cn2c(cc3ncc(F)cc32)C(=O)N1CCO. The summed E-state index contributed by atoms with van der Waals surface area (Å²) in [5.41, 5.74) is 1.75. The normalized spacial score (nSPS) is 19.0. The molecule has 19 heavy (non-hydrogen) atoms. The van der Waals surface area contributed by atoms with Gasteiger partial charge in [0, 0.05) is 25.2 Å². The van der Waals surface area contributed by atoms with Gasteiger partial charge in [-0.25, -0.2) is 4.39 Å². The monoisotopic (exact) mass is 263 g/mol. The number of carbonyl (C=O) groups is 1. The molecule has 2 aromatic rings. The summed E-state index contributed by atoms with van der Waals surface area (Å²) in [4.78, 5) is 18.0. The van der Waals surface area contributed by atoms with Gasteiger partial charge in [-0.2, -0.15) is 0 Å². The first-order chi connectivity index (χ1) is 9.11. The maximum Gasteiger partial charge on any atom is 0.270 e. The second-order valence-corrected chi connectivity index (χ2v) is 4.77. The molecule has 0 bridgehead atoms. The zero-order valence-corrected chi connectivity index (χ0v) is 10.5. The number of carbonyl (C=O) groups excluding carboxylic acids is 1. The van der Waals surface area contributed by atoms with E-state index in [-0.39, 0.29) is 18.6 Å². The summed E-state index contributed by atoms with van der Waals surface area (Å²) in [6.45, 7) is 2.73. The summed E-state index contributed by atoms with van der Waals surface area (Å²) < 4.78 is 15.1. The van der Waals surface area contributed by atoms with Gasteiger partial charge in [-0.3, -0.25) is 9.78 Å². The number of amides is 1. The summed E-state index contributed by atoms with van der Waals surface area (Å²) in [7, 11) is 0. The second-order valence-electron chi connectivity index (χ2n) is 4.77. The zero-order chi connectivity index (χ0) is 13.6. The van der Waals surface area contributed by atoms with E-state index in [0.717, 1.165) is 6.20 Å². The molecule has 0 aliphatic carbocycles. The minimum absolute atomic E-state index is 0.0361. The van der Waals surface area contributed by atoms with Crippen LogP contribution in [-0.4, -0.2) is 44.7 Å². The van der Waals surface area contributed by atoms with E-state index in [1.54, 1.807) is 15.5 Å². The fraction of sp³-hybridized carbons (Fsp3) is 0.385. The van der Waals surface area contributed by atoms with Crippen LogP contribution in [0.25, 0.3) is 11.0 Å². The Morgan fingerprint density at radius 2 is 2.32 bits per heavy atom. The average molecular weight is 263 g/mol. The number of β-amino-alcohol motifs (C(OH)–C–C–N with tert-alkyl or cyclic N) is 1. The van der Waals surface area contributed by atoms with Gasteiger partial charge >= 0.3 is 0 Å². The number of halogens is 1. The minimum atomic E-state index is -0.411. The van der Waals surface area contributed by atoms with E-state index in [2.05, 4.69) is 4.98 Å². The molecule has 0 saturated carbocycles. The Hall–Kier alpha value is -1.95. The van der Waals surface area contributed by atoms with Gasteiger partial charge < -0.3 is 14.6 Å². The zero-order valence-electron chi connectivity index (χ0n) is 10.5. The third-order valence-corrected chi connectivity index (χ3v) is 3.52. The molecule has 3 heterocycles. The standard InChI is InChI=1S/C13H14FN3O2/c1-8-7-17-11-4-9(14)6-15-10(11)5-12(17)13(19)16(8)2-3-18/h4-6,8,18H,2-3,7H2,1H3/t8-/m1/s1. The van der Waals surface area contributed by atoms with E-state index >= 15 is 0 Å². The van der Waals surface area contributed by atoms with Crippen molar-refractivity contribution < 1.29 is 14.3 Å². The molecule has 0 aromatic carbocycles. The van der Waals surface area contributed by atoms with E-state index in [0.29, 0.717) is 29.8 Å². The molecule has 0 radical (unpaired) electrons. The number of hydrogen-bond acceptors (Lipinski definition) is 3. The fourth-order valence-electron chi connectivity index (χ4n) is 2.62. The van der Waals surface area contributed by atoms with Crippen molar-refractivity contribution in [2.75, 3.05) is 13.2 Å². The first kappa shape index (κ1) is 12.1. The van der Waals surface area contributed by atoms with Gasteiger partial charge in [0.05, 0.1) is 23.8 Å². The van der Waals surface area contributed by atoms with Crippen molar-refractivity contribution in [3.8, 4) is 0 Å². The van der Waals surface area contributed by atoms with Crippen molar-refractivity contribution in [3.05, 3.63) is 29.8 Å². The minimum Gasteiger partial charge on any atom is -0.395 e. The Labute approximate surface area is 109 Å². The number of aliphatic hydroxyl groups excluding tert-OH is 1. The summed E-state index contributed by atoms with van der Waals surface area (Å²) >= 11 is 0. The lowest BCUT2D eigenvalue weighted by Gasteiger charge is -2.34. The molecule has 3 rings (SSSR count). The molecule has 0 fully saturated rings. The molecule has 0 saturated heterocycles. The molecule has 0 unspecified atom stereocenters. The lowest BCUT2D eigenvalue weighted by Crippen LogP contribution is -2.47. The molecule has 1 atom stereocenters. The summed E-state index contributed by atoms with van der Waals surface area (Å²) in [6.07, 6.45) is 1.15. The highest BCUT2D eigenvalue weighted by atomic mass is 19.1. The van der Waals surface area contributed by atoms with Gasteiger partial charge in [0.25, 0.3) is 5.91 Å². The van der Waals surface area contributed by atoms with Crippen molar-refractivity contribution in [1.82, 2.24) is 14.5 Å². The summed E-state index contributed by atoms with van der Waals surface area (Å²) in [6, 6.07) is 3.03. The lowest BCUT2D eigenvalue weighted by atomic mass is 10.2. The molecule has 100 valence electrons. The Morgan fingerprint density at radius 3 is 3.05 bits per heavy atom. The number of pyridine rings is 1. The third kappa shape index (κ3) is 1.79. The lowest BCUT2D eigenvalue weighted by molar-refractivity contribution is 0.0572. The van der Waals surface area contributed by atoms with E-state index in [9.17, 15) is 9.18 Å². The van der Waals surface area contributed by atoms with Gasteiger partial charge in [-0.15, -0.1) is 0 Å². The van der Waals surface area contributed by atoms with Crippen LogP contribution in [0.15, 0.2) is 18.3 Å². The van der Waals surface area contributed by atoms with E-state index < -0.39 is 5.82 Å². The molecular weight excluding hydrogens is 249 g/mol. The first-order valence-corrected chi connectivity index (χ1v) is 6.18. The Kier molecular flexibility index (Phi) is 2.74. The van der Waals surface area contributed by atoms with Crippen molar-refractivity contribution in [2.45, 2.75) is 19.5 Å². The number of aromatic nitrogens is 2. The molecule has 5 nitrogen and oxygen atoms in total. The number of hydrogen-bond donors (Lipinski definition) is 1. The largest absolute Gasteiger partial charge is 0.395 e. The van der Waals surface area contributed by atoms with Crippen LogP contribution in [0, 0.1) is 5.82 Å². The smallest absolute Gasteiger partial charge is 0.270 e. The van der Waals surface area contributed by atoms with Gasteiger partial charge in [-0.05, 0) is 13.0 Å². The summed E-state index contributed by atoms with van der Waals surface area (Å²) in [5.74, 6) is -0.558. The van der Waals surface area contributed by atoms with E-state index in [4.69, 9.17) is 5.11 Å². The van der Waals surface area contributed by atoms with Crippen LogP contribution in [0.2, 0.25) is 0 Å². The van der Waals surface area contributed by atoms with Crippen molar-refractivity contribution >= 4 is 16.9 Å². The molecule has 0 spiro atoms. The topological polar surface area (TPSA) is 58.4 Å². The van der Waals surface area contributed by atoms with Gasteiger partial charge in [0.2, 0.25) is 0 Å². The van der Waals surface area contributed by atoms with Crippen LogP contribution >= 0.6 is 0 Å². The predicted octanol–water partition coefficient (Wildman–Crippen LogP) is 1.01. The van der Waals surface area contributed by atoms with Gasteiger partial charge in [0.1, 0.15) is 11.5 Å². The Bertz CT molecular complexity index is 653. The highest BCUT2D eigenvalue weighted by Crippen LogP contribution is 2.25. The second kappa shape index (κ2) is 4.31. The van der Waals surface area contributed by atoms with Crippen LogP contribution in [0.4, 0.5) is 4.39 Å². The Balaban J connectivity index is 2.14. The number of nitrogens with zero attached hydrogens (tertiary/aromatic N) is 3. The molecule has 1 aliphatic heterocycles. The number of aliphatic hydroxyl groups is 1. The Morgan fingerprint density at radius 1 is 1.53 bits per heavy atom.